The molecule has 0 atom stereocenters. The zero-order valence-electron chi connectivity index (χ0n) is 20.8. The van der Waals surface area contributed by atoms with Crippen LogP contribution in [0.25, 0.3) is 0 Å². The standard InChI is InChI=1S/C23H30N6O6S2/c1-4-35-23(30)18-9-11-20(12-10-18)36(31,32)28-21-22(25-15-14-24-21)37(33,34)26-13-7-5-6-8-19-16-29(3)17(2)27-19/h9-12,14-16,26H,4-8,13H2,1-3H3,(H,24,28). The summed E-state index contributed by atoms with van der Waals surface area (Å²) < 4.78 is 62.8. The lowest BCUT2D eigenvalue weighted by atomic mass is 10.1. The Morgan fingerprint density at radius 3 is 2.35 bits per heavy atom. The summed E-state index contributed by atoms with van der Waals surface area (Å²) in [5.74, 6) is -0.0820. The van der Waals surface area contributed by atoms with E-state index in [2.05, 4.69) is 24.4 Å². The van der Waals surface area contributed by atoms with Gasteiger partial charge in [0.05, 0.1) is 22.8 Å². The van der Waals surface area contributed by atoms with Crippen LogP contribution in [0.2, 0.25) is 0 Å². The van der Waals surface area contributed by atoms with Crippen LogP contribution in [0.15, 0.2) is 52.8 Å². The molecule has 0 bridgehead atoms. The Hall–Kier alpha value is -3.36. The zero-order chi connectivity index (χ0) is 27.1. The highest BCUT2D eigenvalue weighted by Crippen LogP contribution is 2.20. The van der Waals surface area contributed by atoms with Gasteiger partial charge in [-0.1, -0.05) is 6.42 Å². The number of rotatable bonds is 13. The second-order valence-corrected chi connectivity index (χ2v) is 11.5. The number of imidazole rings is 1. The van der Waals surface area contributed by atoms with Crippen LogP contribution in [0.3, 0.4) is 0 Å². The Bertz CT molecular complexity index is 1420. The van der Waals surface area contributed by atoms with Gasteiger partial charge in [0.1, 0.15) is 5.82 Å². The van der Waals surface area contributed by atoms with Gasteiger partial charge < -0.3 is 9.30 Å². The summed E-state index contributed by atoms with van der Waals surface area (Å²) in [6, 6.07) is 5.03. The van der Waals surface area contributed by atoms with E-state index in [1.54, 1.807) is 6.92 Å². The number of nitrogens with zero attached hydrogens (tertiary/aromatic N) is 4. The number of aryl methyl sites for hydroxylation is 3. The molecule has 0 aliphatic carbocycles. The molecule has 0 amide bonds. The van der Waals surface area contributed by atoms with E-state index in [1.165, 1.54) is 30.5 Å². The number of unbranched alkanes of at least 4 members (excludes halogenated alkanes) is 2. The number of hydrogen-bond donors (Lipinski definition) is 2. The van der Waals surface area contributed by atoms with Crippen LogP contribution in [0.4, 0.5) is 5.82 Å². The Morgan fingerprint density at radius 2 is 1.70 bits per heavy atom. The maximum atomic E-state index is 12.8. The Morgan fingerprint density at radius 1 is 1.00 bits per heavy atom. The van der Waals surface area contributed by atoms with E-state index in [0.29, 0.717) is 6.42 Å². The number of ether oxygens (including phenoxy) is 1. The number of aromatic nitrogens is 4. The van der Waals surface area contributed by atoms with Crippen LogP contribution in [-0.4, -0.2) is 55.5 Å². The van der Waals surface area contributed by atoms with Crippen molar-refractivity contribution in [3.63, 3.8) is 0 Å². The van der Waals surface area contributed by atoms with Crippen LogP contribution in [0.1, 0.15) is 48.1 Å². The summed E-state index contributed by atoms with van der Waals surface area (Å²) in [6.07, 6.45) is 7.33. The van der Waals surface area contributed by atoms with Gasteiger partial charge in [0.2, 0.25) is 5.03 Å². The first-order valence-corrected chi connectivity index (χ1v) is 14.6. The van der Waals surface area contributed by atoms with Crippen molar-refractivity contribution in [2.24, 2.45) is 7.05 Å². The molecule has 0 radical (unpaired) electrons. The lowest BCUT2D eigenvalue weighted by Crippen LogP contribution is -2.27. The number of benzene rings is 1. The predicted molar refractivity (Wildman–Crippen MR) is 136 cm³/mol. The second kappa shape index (κ2) is 12.3. The molecular formula is C23H30N6O6S2. The third kappa shape index (κ3) is 7.57. The highest BCUT2D eigenvalue weighted by molar-refractivity contribution is 7.93. The molecule has 1 aromatic carbocycles. The molecule has 2 heterocycles. The number of carbonyl (C=O) groups is 1. The van der Waals surface area contributed by atoms with E-state index < -0.39 is 36.9 Å². The first-order chi connectivity index (χ1) is 17.5. The summed E-state index contributed by atoms with van der Waals surface area (Å²) in [5, 5.41) is -0.536. The van der Waals surface area contributed by atoms with E-state index in [4.69, 9.17) is 4.74 Å². The SMILES string of the molecule is CCOC(=O)c1ccc(S(=O)(=O)Nc2nccnc2S(=O)(=O)NCCCCCc2cn(C)c(C)n2)cc1. The molecule has 37 heavy (non-hydrogen) atoms. The third-order valence-electron chi connectivity index (χ3n) is 5.39. The summed E-state index contributed by atoms with van der Waals surface area (Å²) in [7, 11) is -6.42. The van der Waals surface area contributed by atoms with Gasteiger partial charge in [0, 0.05) is 32.2 Å². The average molecular weight is 551 g/mol. The number of esters is 1. The molecule has 14 heteroatoms. The quantitative estimate of drug-likeness (QED) is 0.240. The van der Waals surface area contributed by atoms with E-state index >= 15 is 0 Å². The Labute approximate surface area is 216 Å². The molecule has 0 aliphatic rings. The van der Waals surface area contributed by atoms with E-state index in [9.17, 15) is 21.6 Å². The fraction of sp³-hybridized carbons (Fsp3) is 0.391. The number of nitrogens with one attached hydrogen (secondary N) is 2. The molecule has 3 rings (SSSR count). The highest BCUT2D eigenvalue weighted by atomic mass is 32.2. The number of anilines is 1. The summed E-state index contributed by atoms with van der Waals surface area (Å²) in [6.45, 7) is 3.93. The zero-order valence-corrected chi connectivity index (χ0v) is 22.5. The van der Waals surface area contributed by atoms with Crippen molar-refractivity contribution >= 4 is 31.8 Å². The smallest absolute Gasteiger partial charge is 0.338 e. The molecular weight excluding hydrogens is 520 g/mol. The molecule has 0 unspecified atom stereocenters. The van der Waals surface area contributed by atoms with E-state index in [-0.39, 0.29) is 23.6 Å². The van der Waals surface area contributed by atoms with Crippen molar-refractivity contribution in [3.8, 4) is 0 Å². The van der Waals surface area contributed by atoms with Gasteiger partial charge in [-0.2, -0.15) is 0 Å². The maximum Gasteiger partial charge on any atom is 0.338 e. The molecule has 12 nitrogen and oxygen atoms in total. The van der Waals surface area contributed by atoms with Gasteiger partial charge in [-0.25, -0.2) is 41.3 Å². The van der Waals surface area contributed by atoms with Crippen LogP contribution >= 0.6 is 0 Å². The van der Waals surface area contributed by atoms with E-state index in [1.807, 2.05) is 24.7 Å². The molecule has 0 spiro atoms. The summed E-state index contributed by atoms with van der Waals surface area (Å²) >= 11 is 0. The number of sulfonamides is 2. The van der Waals surface area contributed by atoms with Crippen LogP contribution in [-0.2, 0) is 38.3 Å². The molecule has 2 aromatic heterocycles. The monoisotopic (exact) mass is 550 g/mol. The van der Waals surface area contributed by atoms with Crippen molar-refractivity contribution in [2.75, 3.05) is 17.9 Å². The van der Waals surface area contributed by atoms with E-state index in [0.717, 1.165) is 37.0 Å². The van der Waals surface area contributed by atoms with Crippen molar-refractivity contribution in [1.29, 1.82) is 0 Å². The molecule has 2 N–H and O–H groups in total. The topological polar surface area (TPSA) is 162 Å². The molecule has 0 saturated heterocycles. The minimum Gasteiger partial charge on any atom is -0.462 e. The second-order valence-electron chi connectivity index (χ2n) is 8.16. The van der Waals surface area contributed by atoms with Crippen LogP contribution in [0.5, 0.6) is 0 Å². The third-order valence-corrected chi connectivity index (χ3v) is 8.13. The largest absolute Gasteiger partial charge is 0.462 e. The molecule has 200 valence electrons. The van der Waals surface area contributed by atoms with Gasteiger partial charge in [-0.15, -0.1) is 0 Å². The van der Waals surface area contributed by atoms with Crippen molar-refractivity contribution in [2.45, 2.75) is 49.5 Å². The van der Waals surface area contributed by atoms with Crippen molar-refractivity contribution in [1.82, 2.24) is 24.2 Å². The first-order valence-electron chi connectivity index (χ1n) is 11.6. The summed E-state index contributed by atoms with van der Waals surface area (Å²) in [5.41, 5.74) is 1.18. The van der Waals surface area contributed by atoms with Crippen LogP contribution < -0.4 is 9.44 Å². The molecule has 0 fully saturated rings. The average Bonchev–Trinajstić information content (AvgIpc) is 3.18. The van der Waals surface area contributed by atoms with Gasteiger partial charge >= 0.3 is 5.97 Å². The van der Waals surface area contributed by atoms with Crippen LogP contribution in [0, 0.1) is 6.92 Å². The Balaban J connectivity index is 1.60. The minimum absolute atomic E-state index is 0.154. The normalized spacial score (nSPS) is 11.9. The molecule has 0 saturated carbocycles. The lowest BCUT2D eigenvalue weighted by molar-refractivity contribution is 0.0526. The van der Waals surface area contributed by atoms with Crippen molar-refractivity contribution in [3.05, 3.63) is 59.9 Å². The number of carbonyl (C=O) groups excluding carboxylic acids is 1. The highest BCUT2D eigenvalue weighted by Gasteiger charge is 2.25. The van der Waals surface area contributed by atoms with Gasteiger partial charge in [0.15, 0.2) is 5.82 Å². The molecule has 0 aliphatic heterocycles. The Kier molecular flexibility index (Phi) is 9.34. The number of hydrogen-bond acceptors (Lipinski definition) is 9. The predicted octanol–water partition coefficient (Wildman–Crippen LogP) is 2.19. The first kappa shape index (κ1) is 28.2. The van der Waals surface area contributed by atoms with Gasteiger partial charge in [0.25, 0.3) is 20.0 Å². The van der Waals surface area contributed by atoms with Crippen molar-refractivity contribution < 1.29 is 26.4 Å². The fourth-order valence-corrected chi connectivity index (χ4v) is 5.59. The minimum atomic E-state index is -4.22. The lowest BCUT2D eigenvalue weighted by Gasteiger charge is -2.12. The molecule has 3 aromatic rings. The maximum absolute atomic E-state index is 12.8. The van der Waals surface area contributed by atoms with Gasteiger partial charge in [-0.05, 0) is 57.4 Å². The fourth-order valence-electron chi connectivity index (χ4n) is 3.40. The van der Waals surface area contributed by atoms with Gasteiger partial charge in [-0.3, -0.25) is 4.72 Å². The summed E-state index contributed by atoms with van der Waals surface area (Å²) in [4.78, 5) is 23.8.